The predicted octanol–water partition coefficient (Wildman–Crippen LogP) is 13.2. The van der Waals surface area contributed by atoms with Gasteiger partial charge >= 0.3 is 0 Å². The van der Waals surface area contributed by atoms with E-state index in [1.165, 1.54) is 0 Å². The molecule has 9 aromatic rings. The Bertz CT molecular complexity index is 3400. The number of furan rings is 1. The SMILES string of the molecule is [2H]c1c([2H])c([2H])c(-c2c([2H])c([2H])c([2H])c(N(c3c([2H])c([2H])c([2H])c(-c4c([2H])c([2H])c([2H])c([2H])c4[2H])c3[2H])c3cc4c(oc5cccc(-c6ccccc6)c54)c4ccccc34)c2[2H])c([2H])c1[2H]. The van der Waals surface area contributed by atoms with Crippen molar-refractivity contribution < 1.29 is 29.1 Å². The second kappa shape index (κ2) is 11.8. The van der Waals surface area contributed by atoms with Gasteiger partial charge in [0.2, 0.25) is 0 Å². The zero-order valence-electron chi connectivity index (χ0n) is 42.9. The molecule has 0 aliphatic carbocycles. The van der Waals surface area contributed by atoms with Gasteiger partial charge in [0.25, 0.3) is 0 Å². The molecule has 1 aromatic heterocycles. The summed E-state index contributed by atoms with van der Waals surface area (Å²) in [6.45, 7) is 0. The van der Waals surface area contributed by atoms with Crippen molar-refractivity contribution in [3.05, 3.63) is 188 Å². The summed E-state index contributed by atoms with van der Waals surface area (Å²) in [5, 5.41) is 1.77. The molecule has 0 atom stereocenters. The predicted molar refractivity (Wildman–Crippen MR) is 202 cm³/mol. The molecule has 9 rings (SSSR count). The lowest BCUT2D eigenvalue weighted by molar-refractivity contribution is 0.673. The number of hydrogen-bond acceptors (Lipinski definition) is 2. The van der Waals surface area contributed by atoms with E-state index in [9.17, 15) is 5.48 Å². The third-order valence-electron chi connectivity index (χ3n) is 7.98. The van der Waals surface area contributed by atoms with Gasteiger partial charge < -0.3 is 9.32 Å². The average molecular weight is 632 g/mol. The van der Waals surface area contributed by atoms with E-state index in [0.29, 0.717) is 32.7 Å². The molecule has 0 saturated heterocycles. The van der Waals surface area contributed by atoms with Crippen molar-refractivity contribution in [3.8, 4) is 33.4 Å². The zero-order valence-corrected chi connectivity index (χ0v) is 24.9. The quantitative estimate of drug-likeness (QED) is 0.182. The molecule has 0 saturated carbocycles. The summed E-state index contributed by atoms with van der Waals surface area (Å²) < 4.78 is 167. The van der Waals surface area contributed by atoms with Crippen LogP contribution in [0.4, 0.5) is 17.1 Å². The van der Waals surface area contributed by atoms with Gasteiger partial charge in [-0.05, 0) is 69.7 Å². The summed E-state index contributed by atoms with van der Waals surface area (Å²) in [6, 6.07) is 8.26. The molecule has 0 unspecified atom stereocenters. The van der Waals surface area contributed by atoms with Crippen molar-refractivity contribution in [3.63, 3.8) is 0 Å². The van der Waals surface area contributed by atoms with Crippen LogP contribution in [0.15, 0.2) is 192 Å². The molecular weight excluding hydrogens is 583 g/mol. The highest BCUT2D eigenvalue weighted by atomic mass is 16.3. The molecule has 0 spiro atoms. The van der Waals surface area contributed by atoms with Crippen LogP contribution in [-0.4, -0.2) is 0 Å². The van der Waals surface area contributed by atoms with E-state index in [1.54, 1.807) is 36.4 Å². The lowest BCUT2D eigenvalue weighted by Gasteiger charge is -2.28. The summed E-state index contributed by atoms with van der Waals surface area (Å²) in [5.41, 5.74) is -1.54. The number of fused-ring (bicyclic) bond motifs is 5. The molecule has 48 heavy (non-hydrogen) atoms. The van der Waals surface area contributed by atoms with E-state index >= 15 is 0 Å². The fraction of sp³-hybridized carbons (Fsp3) is 0. The highest BCUT2D eigenvalue weighted by molar-refractivity contribution is 6.22. The molecule has 226 valence electrons. The molecule has 0 fully saturated rings. The van der Waals surface area contributed by atoms with Crippen LogP contribution in [0.1, 0.15) is 24.7 Å². The van der Waals surface area contributed by atoms with E-state index in [4.69, 9.17) is 23.6 Å². The maximum absolute atomic E-state index is 9.84. The van der Waals surface area contributed by atoms with Gasteiger partial charge in [0.1, 0.15) is 11.2 Å². The zero-order chi connectivity index (χ0) is 47.5. The molecular formula is C46H31NO. The van der Waals surface area contributed by atoms with E-state index in [0.717, 1.165) is 16.0 Å². The second-order valence-electron chi connectivity index (χ2n) is 10.7. The Hall–Kier alpha value is -6.38. The highest BCUT2D eigenvalue weighted by Gasteiger charge is 2.22. The van der Waals surface area contributed by atoms with Crippen LogP contribution in [0.25, 0.3) is 66.1 Å². The van der Waals surface area contributed by atoms with Crippen LogP contribution in [0.5, 0.6) is 0 Å². The van der Waals surface area contributed by atoms with Gasteiger partial charge in [-0.2, -0.15) is 0 Å². The molecule has 2 heteroatoms. The Kier molecular flexibility index (Phi) is 3.68. The molecule has 1 heterocycles. The number of anilines is 3. The molecule has 0 N–H and O–H groups in total. The second-order valence-corrected chi connectivity index (χ2v) is 10.7. The largest absolute Gasteiger partial charge is 0.455 e. The minimum absolute atomic E-state index is 0.0130. The van der Waals surface area contributed by atoms with Crippen molar-refractivity contribution >= 4 is 49.8 Å². The first-order chi connectivity index (χ1) is 31.3. The Morgan fingerprint density at radius 1 is 0.458 bits per heavy atom. The summed E-state index contributed by atoms with van der Waals surface area (Å²) in [5.74, 6) is 0. The summed E-state index contributed by atoms with van der Waals surface area (Å²) in [4.78, 5) is 1.04. The molecule has 8 aromatic carbocycles. The van der Waals surface area contributed by atoms with E-state index in [-0.39, 0.29) is 5.69 Å². The van der Waals surface area contributed by atoms with Gasteiger partial charge in [0.15, 0.2) is 0 Å². The fourth-order valence-electron chi connectivity index (χ4n) is 5.92. The lowest BCUT2D eigenvalue weighted by atomic mass is 9.96. The first-order valence-corrected chi connectivity index (χ1v) is 14.9. The number of rotatable bonds is 6. The topological polar surface area (TPSA) is 16.4 Å². The van der Waals surface area contributed by atoms with Crippen LogP contribution in [-0.2, 0) is 0 Å². The fourth-order valence-corrected chi connectivity index (χ4v) is 5.92. The standard InChI is InChI=1S/C46H31NO/c1-4-15-32(16-5-1)35-21-12-23-37(29-35)47(38-24-13-22-36(30-38)33-17-6-2-7-18-33)43-31-42-45-39(34-19-8-3-9-20-34)27-14-28-44(45)48-46(42)41-26-11-10-25-40(41)43/h1-31H/i1D,2D,4D,5D,6D,7D,12D,13D,15D,16D,17D,18D,21D,22D,23D,24D,29D,30D. The first kappa shape index (κ1) is 15.0. The normalized spacial score (nSPS) is 16.6. The Morgan fingerprint density at radius 3 is 1.69 bits per heavy atom. The maximum atomic E-state index is 9.84. The summed E-state index contributed by atoms with van der Waals surface area (Å²) in [6.07, 6.45) is 0. The molecule has 0 aliphatic heterocycles. The molecule has 0 radical (unpaired) electrons. The van der Waals surface area contributed by atoms with Crippen molar-refractivity contribution in [1.29, 1.82) is 0 Å². The molecule has 0 bridgehead atoms. The third kappa shape index (κ3) is 4.83. The van der Waals surface area contributed by atoms with Crippen molar-refractivity contribution in [2.45, 2.75) is 0 Å². The Labute approximate surface area is 305 Å². The molecule has 2 nitrogen and oxygen atoms in total. The van der Waals surface area contributed by atoms with Crippen molar-refractivity contribution in [2.75, 3.05) is 4.90 Å². The van der Waals surface area contributed by atoms with Crippen molar-refractivity contribution in [1.82, 2.24) is 0 Å². The van der Waals surface area contributed by atoms with Crippen LogP contribution in [0, 0.1) is 0 Å². The van der Waals surface area contributed by atoms with Gasteiger partial charge in [-0.1, -0.05) is 151 Å². The average Bonchev–Trinajstić information content (AvgIpc) is 3.71. The van der Waals surface area contributed by atoms with E-state index < -0.39 is 142 Å². The van der Waals surface area contributed by atoms with Crippen LogP contribution in [0.2, 0.25) is 0 Å². The van der Waals surface area contributed by atoms with Crippen LogP contribution >= 0.6 is 0 Å². The van der Waals surface area contributed by atoms with Gasteiger partial charge in [0.05, 0.1) is 30.4 Å². The maximum Gasteiger partial charge on any atom is 0.143 e. The van der Waals surface area contributed by atoms with Gasteiger partial charge in [-0.25, -0.2) is 0 Å². The van der Waals surface area contributed by atoms with E-state index in [2.05, 4.69) is 0 Å². The Balaban J connectivity index is 1.53. The number of hydrogen-bond donors (Lipinski definition) is 0. The first-order valence-electron chi connectivity index (χ1n) is 23.9. The smallest absolute Gasteiger partial charge is 0.143 e. The monoisotopic (exact) mass is 631 g/mol. The van der Waals surface area contributed by atoms with Gasteiger partial charge in [-0.15, -0.1) is 0 Å². The minimum Gasteiger partial charge on any atom is -0.455 e. The van der Waals surface area contributed by atoms with Crippen molar-refractivity contribution in [2.24, 2.45) is 0 Å². The lowest BCUT2D eigenvalue weighted by Crippen LogP contribution is -2.11. The highest BCUT2D eigenvalue weighted by Crippen LogP contribution is 2.47. The van der Waals surface area contributed by atoms with Crippen LogP contribution < -0.4 is 4.90 Å². The molecule has 0 aliphatic rings. The summed E-state index contributed by atoms with van der Waals surface area (Å²) >= 11 is 0. The van der Waals surface area contributed by atoms with Gasteiger partial charge in [0, 0.05) is 32.9 Å². The number of benzene rings is 8. The minimum atomic E-state index is -0.884. The van der Waals surface area contributed by atoms with E-state index in [1.807, 2.05) is 42.5 Å². The summed E-state index contributed by atoms with van der Waals surface area (Å²) in [7, 11) is 0. The Morgan fingerprint density at radius 2 is 1.04 bits per heavy atom. The number of nitrogens with zero attached hydrogens (tertiary/aromatic N) is 1. The van der Waals surface area contributed by atoms with Gasteiger partial charge in [-0.3, -0.25) is 0 Å². The van der Waals surface area contributed by atoms with Crippen LogP contribution in [0.3, 0.4) is 0 Å². The molecule has 0 amide bonds. The third-order valence-corrected chi connectivity index (χ3v) is 7.98.